The van der Waals surface area contributed by atoms with Crippen LogP contribution in [0, 0.1) is 10.1 Å². The van der Waals surface area contributed by atoms with Gasteiger partial charge in [-0.25, -0.2) is 0 Å². The van der Waals surface area contributed by atoms with E-state index >= 15 is 0 Å². The van der Waals surface area contributed by atoms with Crippen LogP contribution >= 0.6 is 39.1 Å². The second kappa shape index (κ2) is 5.77. The first-order valence-corrected chi connectivity index (χ1v) is 6.59. The van der Waals surface area contributed by atoms with E-state index in [1.54, 1.807) is 18.2 Å². The standard InChI is InChI=1S/C12H6BrCl2NO3/c13-7-1-4-11(10(5-7)16(17)18)19-12-6-8(14)2-3-9(12)15/h1-6H. The molecule has 0 bridgehead atoms. The molecule has 0 atom stereocenters. The lowest BCUT2D eigenvalue weighted by Crippen LogP contribution is -1.94. The van der Waals surface area contributed by atoms with Gasteiger partial charge in [-0.1, -0.05) is 39.1 Å². The number of hydrogen-bond donors (Lipinski definition) is 0. The van der Waals surface area contributed by atoms with Crippen molar-refractivity contribution < 1.29 is 9.66 Å². The van der Waals surface area contributed by atoms with Crippen LogP contribution in [0.2, 0.25) is 10.0 Å². The minimum atomic E-state index is -0.529. The van der Waals surface area contributed by atoms with Crippen LogP contribution in [0.1, 0.15) is 0 Å². The summed E-state index contributed by atoms with van der Waals surface area (Å²) in [5.41, 5.74) is -0.162. The van der Waals surface area contributed by atoms with Gasteiger partial charge in [0.1, 0.15) is 5.75 Å². The molecule has 2 aromatic carbocycles. The van der Waals surface area contributed by atoms with Gasteiger partial charge in [0.15, 0.2) is 0 Å². The summed E-state index contributed by atoms with van der Waals surface area (Å²) in [7, 11) is 0. The molecule has 0 amide bonds. The molecule has 0 aliphatic carbocycles. The van der Waals surface area contributed by atoms with Crippen molar-refractivity contribution in [3.63, 3.8) is 0 Å². The van der Waals surface area contributed by atoms with Gasteiger partial charge in [-0.15, -0.1) is 0 Å². The van der Waals surface area contributed by atoms with Gasteiger partial charge in [-0.05, 0) is 24.3 Å². The van der Waals surface area contributed by atoms with Crippen LogP contribution in [0.25, 0.3) is 0 Å². The predicted molar refractivity (Wildman–Crippen MR) is 77.3 cm³/mol. The Morgan fingerprint density at radius 2 is 1.84 bits per heavy atom. The molecule has 2 aromatic rings. The summed E-state index contributed by atoms with van der Waals surface area (Å²) in [6, 6.07) is 9.14. The summed E-state index contributed by atoms with van der Waals surface area (Å²) in [5, 5.41) is 11.7. The highest BCUT2D eigenvalue weighted by Gasteiger charge is 2.17. The van der Waals surface area contributed by atoms with Crippen LogP contribution in [0.4, 0.5) is 5.69 Å². The summed E-state index contributed by atoms with van der Waals surface area (Å²) < 4.78 is 6.05. The lowest BCUT2D eigenvalue weighted by atomic mass is 10.3. The summed E-state index contributed by atoms with van der Waals surface area (Å²) in [5.74, 6) is 0.358. The average Bonchev–Trinajstić information content (AvgIpc) is 2.35. The van der Waals surface area contributed by atoms with Gasteiger partial charge in [0.05, 0.1) is 9.95 Å². The molecule has 0 heterocycles. The third-order valence-corrected chi connectivity index (χ3v) is 3.27. The third kappa shape index (κ3) is 3.37. The largest absolute Gasteiger partial charge is 0.449 e. The molecule has 0 N–H and O–H groups in total. The minimum absolute atomic E-state index is 0.0948. The topological polar surface area (TPSA) is 52.4 Å². The van der Waals surface area contributed by atoms with Crippen LogP contribution in [-0.2, 0) is 0 Å². The Balaban J connectivity index is 2.43. The SMILES string of the molecule is O=[N+]([O-])c1cc(Br)ccc1Oc1cc(Cl)ccc1Cl. The van der Waals surface area contributed by atoms with Crippen LogP contribution in [0.15, 0.2) is 40.9 Å². The molecule has 0 saturated carbocycles. The molecule has 0 aliphatic rings. The molecule has 4 nitrogen and oxygen atoms in total. The predicted octanol–water partition coefficient (Wildman–Crippen LogP) is 5.46. The number of hydrogen-bond acceptors (Lipinski definition) is 3. The fourth-order valence-electron chi connectivity index (χ4n) is 1.39. The van der Waals surface area contributed by atoms with E-state index in [0.717, 1.165) is 0 Å². The summed E-state index contributed by atoms with van der Waals surface area (Å²) in [6.07, 6.45) is 0. The van der Waals surface area contributed by atoms with E-state index in [9.17, 15) is 10.1 Å². The Morgan fingerprint density at radius 1 is 1.11 bits per heavy atom. The van der Waals surface area contributed by atoms with Gasteiger partial charge in [-0.2, -0.15) is 0 Å². The first-order chi connectivity index (χ1) is 8.97. The van der Waals surface area contributed by atoms with E-state index in [1.807, 2.05) is 0 Å². The number of rotatable bonds is 3. The fraction of sp³-hybridized carbons (Fsp3) is 0. The number of benzene rings is 2. The highest BCUT2D eigenvalue weighted by atomic mass is 79.9. The zero-order valence-electron chi connectivity index (χ0n) is 9.27. The van der Waals surface area contributed by atoms with Gasteiger partial charge < -0.3 is 4.74 Å². The van der Waals surface area contributed by atoms with Crippen LogP contribution in [-0.4, -0.2) is 4.92 Å². The number of nitrogens with zero attached hydrogens (tertiary/aromatic N) is 1. The Morgan fingerprint density at radius 3 is 2.53 bits per heavy atom. The van der Waals surface area contributed by atoms with E-state index in [2.05, 4.69) is 15.9 Å². The third-order valence-electron chi connectivity index (χ3n) is 2.23. The molecule has 0 saturated heterocycles. The Bertz CT molecular complexity index is 649. The van der Waals surface area contributed by atoms with Gasteiger partial charge in [0.2, 0.25) is 5.75 Å². The maximum absolute atomic E-state index is 11.0. The quantitative estimate of drug-likeness (QED) is 0.538. The summed E-state index contributed by atoms with van der Waals surface area (Å²) >= 11 is 14.9. The van der Waals surface area contributed by atoms with E-state index in [0.29, 0.717) is 14.5 Å². The van der Waals surface area contributed by atoms with Crippen molar-refractivity contribution in [3.8, 4) is 11.5 Å². The van der Waals surface area contributed by atoms with E-state index in [-0.39, 0.29) is 17.2 Å². The van der Waals surface area contributed by atoms with Gasteiger partial charge >= 0.3 is 5.69 Å². The van der Waals surface area contributed by atoms with Crippen molar-refractivity contribution in [2.45, 2.75) is 0 Å². The molecule has 0 fully saturated rings. The first-order valence-electron chi connectivity index (χ1n) is 5.04. The second-order valence-corrected chi connectivity index (χ2v) is 5.31. The van der Waals surface area contributed by atoms with Crippen LogP contribution in [0.5, 0.6) is 11.5 Å². The number of halogens is 3. The van der Waals surface area contributed by atoms with Gasteiger partial charge in [0, 0.05) is 21.6 Å². The van der Waals surface area contributed by atoms with Crippen molar-refractivity contribution in [1.82, 2.24) is 0 Å². The van der Waals surface area contributed by atoms with Gasteiger partial charge in [-0.3, -0.25) is 10.1 Å². The zero-order chi connectivity index (χ0) is 14.0. The molecule has 0 aliphatic heterocycles. The Labute approximate surface area is 127 Å². The van der Waals surface area contributed by atoms with E-state index < -0.39 is 4.92 Å². The van der Waals surface area contributed by atoms with Gasteiger partial charge in [0.25, 0.3) is 0 Å². The van der Waals surface area contributed by atoms with Crippen LogP contribution < -0.4 is 4.74 Å². The monoisotopic (exact) mass is 361 g/mol. The fourth-order valence-corrected chi connectivity index (χ4v) is 2.06. The maximum Gasteiger partial charge on any atom is 0.312 e. The van der Waals surface area contributed by atoms with Crippen LogP contribution in [0.3, 0.4) is 0 Å². The molecule has 19 heavy (non-hydrogen) atoms. The second-order valence-electron chi connectivity index (χ2n) is 3.55. The summed E-state index contributed by atoms with van der Waals surface area (Å²) in [6.45, 7) is 0. The van der Waals surface area contributed by atoms with Crippen molar-refractivity contribution in [2.24, 2.45) is 0 Å². The highest BCUT2D eigenvalue weighted by Crippen LogP contribution is 2.37. The van der Waals surface area contributed by atoms with Crippen molar-refractivity contribution >= 4 is 44.8 Å². The molecule has 0 radical (unpaired) electrons. The molecular weight excluding hydrogens is 357 g/mol. The molecule has 98 valence electrons. The maximum atomic E-state index is 11.0. The Kier molecular flexibility index (Phi) is 4.29. The van der Waals surface area contributed by atoms with Crippen molar-refractivity contribution in [3.05, 3.63) is 61.0 Å². The normalized spacial score (nSPS) is 10.3. The van der Waals surface area contributed by atoms with E-state index in [1.165, 1.54) is 18.2 Å². The number of nitro benzene ring substituents is 1. The summed E-state index contributed by atoms with van der Waals surface area (Å²) in [4.78, 5) is 10.4. The number of ether oxygens (including phenoxy) is 1. The van der Waals surface area contributed by atoms with Crippen molar-refractivity contribution in [2.75, 3.05) is 0 Å². The average molecular weight is 363 g/mol. The number of nitro groups is 1. The molecule has 2 rings (SSSR count). The Hall–Kier alpha value is -1.30. The minimum Gasteiger partial charge on any atom is -0.449 e. The lowest BCUT2D eigenvalue weighted by Gasteiger charge is -2.08. The first kappa shape index (κ1) is 14.1. The highest BCUT2D eigenvalue weighted by molar-refractivity contribution is 9.10. The lowest BCUT2D eigenvalue weighted by molar-refractivity contribution is -0.385. The molecular formula is C12H6BrCl2NO3. The molecule has 0 unspecified atom stereocenters. The van der Waals surface area contributed by atoms with Crippen molar-refractivity contribution in [1.29, 1.82) is 0 Å². The molecule has 7 heteroatoms. The zero-order valence-corrected chi connectivity index (χ0v) is 12.4. The van der Waals surface area contributed by atoms with E-state index in [4.69, 9.17) is 27.9 Å². The smallest absolute Gasteiger partial charge is 0.312 e. The molecule has 0 spiro atoms. The molecule has 0 aromatic heterocycles.